The first-order valence-corrected chi connectivity index (χ1v) is 6.26. The Morgan fingerprint density at radius 3 is 2.67 bits per heavy atom. The first-order chi connectivity index (χ1) is 8.40. The van der Waals surface area contributed by atoms with E-state index < -0.39 is 16.8 Å². The predicted molar refractivity (Wildman–Crippen MR) is 67.2 cm³/mol. The second-order valence-electron chi connectivity index (χ2n) is 4.24. The molecule has 1 rings (SSSR count). The lowest BCUT2D eigenvalue weighted by atomic mass is 9.85. The third kappa shape index (κ3) is 3.53. The monoisotopic (exact) mass is 269 g/mol. The number of nitriles is 1. The molecule has 1 aromatic rings. The Labute approximate surface area is 109 Å². The molecule has 0 saturated carbocycles. The van der Waals surface area contributed by atoms with Crippen molar-refractivity contribution in [2.45, 2.75) is 25.9 Å². The lowest BCUT2D eigenvalue weighted by molar-refractivity contribution is 0.289. The van der Waals surface area contributed by atoms with Gasteiger partial charge in [0.1, 0.15) is 5.75 Å². The number of methoxy groups -OCH3 is 1. The van der Waals surface area contributed by atoms with Crippen molar-refractivity contribution in [1.29, 1.82) is 5.26 Å². The van der Waals surface area contributed by atoms with Crippen molar-refractivity contribution >= 4 is 11.4 Å². The zero-order chi connectivity index (χ0) is 13.8. The van der Waals surface area contributed by atoms with Crippen LogP contribution in [0.2, 0.25) is 0 Å². The van der Waals surface area contributed by atoms with Crippen molar-refractivity contribution in [3.63, 3.8) is 0 Å². The van der Waals surface area contributed by atoms with Crippen LogP contribution >= 0.6 is 0 Å². The molecule has 1 N–H and O–H groups in total. The Bertz CT molecular complexity index is 493. The number of ether oxygens (including phenoxy) is 1. The third-order valence-corrected chi connectivity index (χ3v) is 2.92. The highest BCUT2D eigenvalue weighted by atomic mass is 32.2. The van der Waals surface area contributed by atoms with Crippen LogP contribution in [0.5, 0.6) is 5.75 Å². The van der Waals surface area contributed by atoms with Gasteiger partial charge < -0.3 is 4.74 Å². The van der Waals surface area contributed by atoms with Crippen molar-refractivity contribution in [2.75, 3.05) is 7.11 Å². The predicted octanol–water partition coefficient (Wildman–Crippen LogP) is 2.15. The molecule has 98 valence electrons. The van der Waals surface area contributed by atoms with E-state index in [1.54, 1.807) is 32.0 Å². The minimum absolute atomic E-state index is 0.0539. The second kappa shape index (κ2) is 5.96. The highest BCUT2D eigenvalue weighted by Gasteiger charge is 2.21. The Kier molecular flexibility index (Phi) is 4.84. The van der Waals surface area contributed by atoms with Gasteiger partial charge in [-0.15, -0.1) is 0 Å². The van der Waals surface area contributed by atoms with Crippen molar-refractivity contribution in [1.82, 2.24) is 0 Å². The third-order valence-electron chi connectivity index (χ3n) is 2.60. The summed E-state index contributed by atoms with van der Waals surface area (Å²) in [6, 6.07) is 7.45. The number of rotatable bonds is 5. The summed E-state index contributed by atoms with van der Waals surface area (Å²) in [5.74, 6) is 0.554. The minimum atomic E-state index is -2.33. The summed E-state index contributed by atoms with van der Waals surface area (Å²) in [5, 5.41) is 9.08. The van der Waals surface area contributed by atoms with E-state index in [0.29, 0.717) is 11.3 Å². The molecule has 0 aromatic heterocycles. The van der Waals surface area contributed by atoms with Gasteiger partial charge in [-0.05, 0) is 31.5 Å². The molecular weight excluding hydrogens is 254 g/mol. The molecule has 1 atom stereocenters. The maximum absolute atomic E-state index is 10.5. The first kappa shape index (κ1) is 14.6. The van der Waals surface area contributed by atoms with Gasteiger partial charge in [-0.1, -0.05) is 6.07 Å². The lowest BCUT2D eigenvalue weighted by Gasteiger charge is -2.18. The SMILES string of the molecule is COc1ccc(C(C)(C)C#N)cc1COS(=O)O. The standard InChI is InChI=1S/C12H15NO4S/c1-12(2,8-13)10-4-5-11(16-3)9(6-10)7-17-18(14)15/h4-6H,7H2,1-3H3,(H,14,15). The molecule has 0 fully saturated rings. The van der Waals surface area contributed by atoms with E-state index in [1.165, 1.54) is 7.11 Å². The Balaban J connectivity index is 3.10. The zero-order valence-corrected chi connectivity index (χ0v) is 11.3. The molecule has 0 aliphatic rings. The number of nitrogens with zero attached hydrogens (tertiary/aromatic N) is 1. The van der Waals surface area contributed by atoms with Gasteiger partial charge in [-0.3, -0.25) is 8.74 Å². The van der Waals surface area contributed by atoms with E-state index in [4.69, 9.17) is 14.6 Å². The number of benzene rings is 1. The van der Waals surface area contributed by atoms with Crippen molar-refractivity contribution in [2.24, 2.45) is 0 Å². The van der Waals surface area contributed by atoms with Gasteiger partial charge in [-0.25, -0.2) is 0 Å². The zero-order valence-electron chi connectivity index (χ0n) is 10.5. The summed E-state index contributed by atoms with van der Waals surface area (Å²) in [4.78, 5) is 0. The van der Waals surface area contributed by atoms with Gasteiger partial charge in [0.05, 0.1) is 25.2 Å². The smallest absolute Gasteiger partial charge is 0.302 e. The normalized spacial score (nSPS) is 12.8. The molecule has 1 aromatic carbocycles. The number of hydrogen-bond acceptors (Lipinski definition) is 4. The fourth-order valence-corrected chi connectivity index (χ4v) is 1.69. The summed E-state index contributed by atoms with van der Waals surface area (Å²) < 4.78 is 28.9. The highest BCUT2D eigenvalue weighted by molar-refractivity contribution is 7.74. The van der Waals surface area contributed by atoms with Gasteiger partial charge in [0.25, 0.3) is 0 Å². The molecule has 18 heavy (non-hydrogen) atoms. The summed E-state index contributed by atoms with van der Waals surface area (Å²) in [6.07, 6.45) is 0. The van der Waals surface area contributed by atoms with Crippen LogP contribution in [0.25, 0.3) is 0 Å². The Hall–Kier alpha value is -1.42. The van der Waals surface area contributed by atoms with E-state index in [-0.39, 0.29) is 6.61 Å². The largest absolute Gasteiger partial charge is 0.496 e. The van der Waals surface area contributed by atoms with Crippen LogP contribution in [0.15, 0.2) is 18.2 Å². The first-order valence-electron chi connectivity index (χ1n) is 5.23. The fraction of sp³-hybridized carbons (Fsp3) is 0.417. The summed E-state index contributed by atoms with van der Waals surface area (Å²) in [7, 11) is 1.50. The van der Waals surface area contributed by atoms with Crippen molar-refractivity contribution in [3.05, 3.63) is 29.3 Å². The van der Waals surface area contributed by atoms with Crippen LogP contribution in [0.4, 0.5) is 0 Å². The molecule has 0 radical (unpaired) electrons. The van der Waals surface area contributed by atoms with E-state index in [2.05, 4.69) is 10.3 Å². The van der Waals surface area contributed by atoms with Crippen LogP contribution in [-0.2, 0) is 27.6 Å². The number of hydrogen-bond donors (Lipinski definition) is 1. The van der Waals surface area contributed by atoms with E-state index >= 15 is 0 Å². The maximum Gasteiger partial charge on any atom is 0.302 e. The molecule has 6 heteroatoms. The van der Waals surface area contributed by atoms with Crippen LogP contribution in [-0.4, -0.2) is 15.9 Å². The quantitative estimate of drug-likeness (QED) is 0.828. The fourth-order valence-electron chi connectivity index (χ4n) is 1.46. The average molecular weight is 269 g/mol. The summed E-state index contributed by atoms with van der Waals surface area (Å²) in [6.45, 7) is 3.54. The van der Waals surface area contributed by atoms with E-state index in [1.807, 2.05) is 0 Å². The molecule has 0 heterocycles. The van der Waals surface area contributed by atoms with Crippen LogP contribution < -0.4 is 4.74 Å². The molecule has 0 saturated heterocycles. The molecule has 0 aliphatic heterocycles. The molecule has 5 nitrogen and oxygen atoms in total. The summed E-state index contributed by atoms with van der Waals surface area (Å²) >= 11 is -2.33. The van der Waals surface area contributed by atoms with Crippen LogP contribution in [0, 0.1) is 11.3 Å². The highest BCUT2D eigenvalue weighted by Crippen LogP contribution is 2.28. The van der Waals surface area contributed by atoms with Crippen LogP contribution in [0.3, 0.4) is 0 Å². The molecule has 0 bridgehead atoms. The van der Waals surface area contributed by atoms with Crippen LogP contribution in [0.1, 0.15) is 25.0 Å². The Morgan fingerprint density at radius 1 is 1.50 bits per heavy atom. The van der Waals surface area contributed by atoms with Crippen molar-refractivity contribution in [3.8, 4) is 11.8 Å². The van der Waals surface area contributed by atoms with Crippen molar-refractivity contribution < 1.29 is 17.7 Å². The lowest BCUT2D eigenvalue weighted by Crippen LogP contribution is -2.14. The van der Waals surface area contributed by atoms with Gasteiger partial charge in [0, 0.05) is 5.56 Å². The molecule has 0 aliphatic carbocycles. The maximum atomic E-state index is 10.5. The van der Waals surface area contributed by atoms with Gasteiger partial charge in [-0.2, -0.15) is 9.47 Å². The van der Waals surface area contributed by atoms with Gasteiger partial charge in [0.15, 0.2) is 0 Å². The summed E-state index contributed by atoms with van der Waals surface area (Å²) in [5.41, 5.74) is 0.785. The average Bonchev–Trinajstić information content (AvgIpc) is 2.35. The van der Waals surface area contributed by atoms with E-state index in [9.17, 15) is 4.21 Å². The van der Waals surface area contributed by atoms with Gasteiger partial charge in [0.2, 0.25) is 0 Å². The Morgan fingerprint density at radius 2 is 2.17 bits per heavy atom. The van der Waals surface area contributed by atoms with Gasteiger partial charge >= 0.3 is 11.4 Å². The molecule has 0 spiro atoms. The second-order valence-corrected chi connectivity index (χ2v) is 4.91. The molecular formula is C12H15NO4S. The van der Waals surface area contributed by atoms with E-state index in [0.717, 1.165) is 5.56 Å². The minimum Gasteiger partial charge on any atom is -0.496 e. The topological polar surface area (TPSA) is 79.5 Å². The molecule has 0 amide bonds. The molecule has 1 unspecified atom stereocenters.